The van der Waals surface area contributed by atoms with Gasteiger partial charge in [0.1, 0.15) is 11.6 Å². The molecule has 3 aliphatic rings. The molecule has 2 N–H and O–H groups in total. The third-order valence-corrected chi connectivity index (χ3v) is 8.05. The zero-order chi connectivity index (χ0) is 26.4. The van der Waals surface area contributed by atoms with Crippen molar-refractivity contribution in [3.05, 3.63) is 55.2 Å². The first-order chi connectivity index (χ1) is 19.2. The summed E-state index contributed by atoms with van der Waals surface area (Å²) in [6.07, 6.45) is 14.4. The molecule has 0 bridgehead atoms. The summed E-state index contributed by atoms with van der Waals surface area (Å²) in [5.74, 6) is 2.02. The molecule has 3 aromatic rings. The Kier molecular flexibility index (Phi) is 7.85. The van der Waals surface area contributed by atoms with Crippen molar-refractivity contribution in [1.29, 1.82) is 0 Å². The molecule has 3 aromatic heterocycles. The zero-order valence-corrected chi connectivity index (χ0v) is 22.4. The summed E-state index contributed by atoms with van der Waals surface area (Å²) in [6, 6.07) is 8.38. The maximum atomic E-state index is 12.8. The molecule has 0 spiro atoms. The number of anilines is 2. The number of nitrogens with zero attached hydrogens (tertiary/aromatic N) is 5. The summed E-state index contributed by atoms with van der Waals surface area (Å²) >= 11 is 0. The predicted octanol–water partition coefficient (Wildman–Crippen LogP) is 3.83. The SMILES string of the molecule is O=C(NCCN1CCCC1)C1CCN(c2nc(-c3ccnc(NC4C=COCC4)c3)cc3cnccc23)CC1. The number of pyridine rings is 3. The largest absolute Gasteiger partial charge is 0.501 e. The summed E-state index contributed by atoms with van der Waals surface area (Å²) in [6.45, 7) is 6.33. The van der Waals surface area contributed by atoms with E-state index in [0.717, 1.165) is 92.2 Å². The number of aromatic nitrogens is 3. The Bertz CT molecular complexity index is 1320. The van der Waals surface area contributed by atoms with E-state index in [2.05, 4.69) is 42.5 Å². The normalized spacial score (nSPS) is 20.2. The fourth-order valence-corrected chi connectivity index (χ4v) is 5.80. The number of carbonyl (C=O) groups is 1. The summed E-state index contributed by atoms with van der Waals surface area (Å²) in [7, 11) is 0. The second kappa shape index (κ2) is 12.0. The Morgan fingerprint density at radius 1 is 1.05 bits per heavy atom. The van der Waals surface area contributed by atoms with E-state index in [1.807, 2.05) is 36.8 Å². The number of piperidine rings is 1. The number of likely N-dealkylation sites (tertiary alicyclic amines) is 1. The number of ether oxygens (including phenoxy) is 1. The van der Waals surface area contributed by atoms with Crippen LogP contribution < -0.4 is 15.5 Å². The summed E-state index contributed by atoms with van der Waals surface area (Å²) < 4.78 is 5.31. The first kappa shape index (κ1) is 25.6. The average molecular weight is 528 g/mol. The quantitative estimate of drug-likeness (QED) is 0.456. The molecule has 2 fully saturated rings. The highest BCUT2D eigenvalue weighted by molar-refractivity contribution is 5.94. The molecular weight excluding hydrogens is 490 g/mol. The fourth-order valence-electron chi connectivity index (χ4n) is 5.80. The lowest BCUT2D eigenvalue weighted by Gasteiger charge is -2.33. The smallest absolute Gasteiger partial charge is 0.223 e. The number of hydrogen-bond acceptors (Lipinski definition) is 8. The van der Waals surface area contributed by atoms with Gasteiger partial charge in [-0.1, -0.05) is 0 Å². The lowest BCUT2D eigenvalue weighted by Crippen LogP contribution is -2.42. The van der Waals surface area contributed by atoms with Crippen LogP contribution in [0, 0.1) is 5.92 Å². The van der Waals surface area contributed by atoms with Gasteiger partial charge in [0.25, 0.3) is 0 Å². The van der Waals surface area contributed by atoms with Crippen LogP contribution in [-0.2, 0) is 9.53 Å². The zero-order valence-electron chi connectivity index (χ0n) is 22.4. The molecule has 9 heteroatoms. The van der Waals surface area contributed by atoms with Crippen LogP contribution in [0.2, 0.25) is 0 Å². The van der Waals surface area contributed by atoms with Gasteiger partial charge in [-0.05, 0) is 69.1 Å². The highest BCUT2D eigenvalue weighted by Gasteiger charge is 2.27. The molecule has 0 radical (unpaired) electrons. The van der Waals surface area contributed by atoms with Crippen LogP contribution in [-0.4, -0.2) is 77.7 Å². The van der Waals surface area contributed by atoms with Crippen LogP contribution in [0.25, 0.3) is 22.0 Å². The van der Waals surface area contributed by atoms with Crippen LogP contribution in [0.1, 0.15) is 32.1 Å². The standard InChI is InChI=1S/C30H37N7O2/c38-30(33-11-16-36-12-1-2-13-36)22-5-14-37(15-6-22)29-26-4-9-31-21-24(26)19-27(35-29)23-3-10-32-28(20-23)34-25-7-17-39-18-8-25/h3-4,7,9-10,17,19-22,25H,1-2,5-6,8,11-16,18H2,(H,32,34)(H,33,38). The van der Waals surface area contributed by atoms with Gasteiger partial charge in [0.05, 0.1) is 24.6 Å². The van der Waals surface area contributed by atoms with E-state index in [9.17, 15) is 4.79 Å². The fraction of sp³-hybridized carbons (Fsp3) is 0.467. The number of nitrogens with one attached hydrogen (secondary N) is 2. The van der Waals surface area contributed by atoms with Gasteiger partial charge in [-0.2, -0.15) is 0 Å². The van der Waals surface area contributed by atoms with Gasteiger partial charge in [-0.15, -0.1) is 0 Å². The maximum absolute atomic E-state index is 12.8. The molecule has 39 heavy (non-hydrogen) atoms. The monoisotopic (exact) mass is 527 g/mol. The van der Waals surface area contributed by atoms with Crippen molar-refractivity contribution in [2.45, 2.75) is 38.1 Å². The van der Waals surface area contributed by atoms with Crippen molar-refractivity contribution in [1.82, 2.24) is 25.2 Å². The third-order valence-electron chi connectivity index (χ3n) is 8.05. The molecule has 6 heterocycles. The highest BCUT2D eigenvalue weighted by Crippen LogP contribution is 2.32. The van der Waals surface area contributed by atoms with E-state index in [1.54, 1.807) is 6.26 Å². The van der Waals surface area contributed by atoms with Gasteiger partial charge >= 0.3 is 0 Å². The minimum Gasteiger partial charge on any atom is -0.501 e. The molecule has 2 saturated heterocycles. The molecule has 9 nitrogen and oxygen atoms in total. The lowest BCUT2D eigenvalue weighted by molar-refractivity contribution is -0.125. The lowest BCUT2D eigenvalue weighted by atomic mass is 9.95. The van der Waals surface area contributed by atoms with Crippen molar-refractivity contribution in [2.75, 3.05) is 56.1 Å². The molecule has 204 valence electrons. The Balaban J connectivity index is 1.15. The van der Waals surface area contributed by atoms with Crippen molar-refractivity contribution in [3.8, 4) is 11.3 Å². The van der Waals surface area contributed by atoms with Gasteiger partial charge < -0.3 is 25.2 Å². The number of fused-ring (bicyclic) bond motifs is 1. The second-order valence-electron chi connectivity index (χ2n) is 10.7. The first-order valence-corrected chi connectivity index (χ1v) is 14.2. The Labute approximate surface area is 229 Å². The van der Waals surface area contributed by atoms with Gasteiger partial charge in [0.15, 0.2) is 0 Å². The Morgan fingerprint density at radius 3 is 2.74 bits per heavy atom. The van der Waals surface area contributed by atoms with E-state index in [4.69, 9.17) is 9.72 Å². The van der Waals surface area contributed by atoms with Crippen molar-refractivity contribution in [2.24, 2.45) is 5.92 Å². The van der Waals surface area contributed by atoms with Crippen LogP contribution >= 0.6 is 0 Å². The molecular formula is C30H37N7O2. The van der Waals surface area contributed by atoms with Crippen LogP contribution in [0.5, 0.6) is 0 Å². The first-order valence-electron chi connectivity index (χ1n) is 14.2. The minimum absolute atomic E-state index is 0.0593. The molecule has 1 atom stereocenters. The summed E-state index contributed by atoms with van der Waals surface area (Å²) in [5, 5.41) is 8.80. The average Bonchev–Trinajstić information content (AvgIpc) is 3.51. The number of amides is 1. The molecule has 0 aromatic carbocycles. The predicted molar refractivity (Wildman–Crippen MR) is 154 cm³/mol. The van der Waals surface area contributed by atoms with Crippen molar-refractivity contribution in [3.63, 3.8) is 0 Å². The minimum atomic E-state index is 0.0593. The van der Waals surface area contributed by atoms with Crippen molar-refractivity contribution < 1.29 is 9.53 Å². The summed E-state index contributed by atoms with van der Waals surface area (Å²) in [4.78, 5) is 31.7. The number of rotatable bonds is 8. The van der Waals surface area contributed by atoms with E-state index < -0.39 is 0 Å². The van der Waals surface area contributed by atoms with E-state index in [0.29, 0.717) is 6.61 Å². The van der Waals surface area contributed by atoms with Crippen LogP contribution in [0.3, 0.4) is 0 Å². The molecule has 1 unspecified atom stereocenters. The van der Waals surface area contributed by atoms with Crippen molar-refractivity contribution >= 4 is 28.3 Å². The Hall–Kier alpha value is -3.72. The Morgan fingerprint density at radius 2 is 1.92 bits per heavy atom. The molecule has 6 rings (SSSR count). The van der Waals surface area contributed by atoms with Gasteiger partial charge in [0.2, 0.25) is 5.91 Å². The van der Waals surface area contributed by atoms with E-state index in [-0.39, 0.29) is 17.9 Å². The molecule has 1 amide bonds. The summed E-state index contributed by atoms with van der Waals surface area (Å²) in [5.41, 5.74) is 1.89. The van der Waals surface area contributed by atoms with E-state index >= 15 is 0 Å². The van der Waals surface area contributed by atoms with E-state index in [1.165, 1.54) is 12.8 Å². The highest BCUT2D eigenvalue weighted by atomic mass is 16.5. The van der Waals surface area contributed by atoms with Crippen LogP contribution in [0.15, 0.2) is 55.2 Å². The number of carbonyl (C=O) groups excluding carboxylic acids is 1. The van der Waals surface area contributed by atoms with Gasteiger partial charge in [0, 0.05) is 73.4 Å². The molecule has 3 aliphatic heterocycles. The topological polar surface area (TPSA) is 95.5 Å². The molecule has 0 saturated carbocycles. The number of hydrogen-bond donors (Lipinski definition) is 2. The van der Waals surface area contributed by atoms with Gasteiger partial charge in [-0.25, -0.2) is 9.97 Å². The maximum Gasteiger partial charge on any atom is 0.223 e. The molecule has 0 aliphatic carbocycles. The second-order valence-corrected chi connectivity index (χ2v) is 10.7. The van der Waals surface area contributed by atoms with Crippen LogP contribution in [0.4, 0.5) is 11.6 Å². The third kappa shape index (κ3) is 6.14. The van der Waals surface area contributed by atoms with Gasteiger partial charge in [-0.3, -0.25) is 9.78 Å².